The molecule has 2 aromatic heterocycles. The van der Waals surface area contributed by atoms with Crippen LogP contribution in [-0.4, -0.2) is 15.0 Å². The lowest BCUT2D eigenvalue weighted by Crippen LogP contribution is -1.99. The Labute approximate surface area is 72.6 Å². The maximum absolute atomic E-state index is 10.9. The number of halogens is 1. The number of H-pyrrole nitrogens is 2. The molecule has 4 nitrogen and oxygen atoms in total. The lowest BCUT2D eigenvalue weighted by molar-refractivity contribution is 1.21. The smallest absolute Gasteiger partial charge is 0.305 e. The average molecular weight is 184 g/mol. The standard InChI is InChI=1S/C7H6ClN3O/c1-3-2-9-6(8)5-4(3)10-7(12)11-5/h2H,1H3,(H2,10,11,12). The molecule has 2 N–H and O–H groups in total. The van der Waals surface area contributed by atoms with Crippen LogP contribution in [0.2, 0.25) is 5.15 Å². The van der Waals surface area contributed by atoms with Crippen molar-refractivity contribution in [1.82, 2.24) is 15.0 Å². The van der Waals surface area contributed by atoms with Crippen molar-refractivity contribution in [3.8, 4) is 0 Å². The van der Waals surface area contributed by atoms with E-state index in [-0.39, 0.29) is 5.69 Å². The van der Waals surface area contributed by atoms with Crippen LogP contribution in [0.1, 0.15) is 5.56 Å². The molecule has 0 radical (unpaired) electrons. The number of rotatable bonds is 0. The van der Waals surface area contributed by atoms with Gasteiger partial charge in [0.1, 0.15) is 5.52 Å². The van der Waals surface area contributed by atoms with Crippen molar-refractivity contribution in [2.24, 2.45) is 0 Å². The summed E-state index contributed by atoms with van der Waals surface area (Å²) in [5.41, 5.74) is 1.93. The molecule has 0 aliphatic heterocycles. The Bertz CT molecular complexity index is 443. The molecule has 0 aromatic carbocycles. The van der Waals surface area contributed by atoms with Crippen LogP contribution in [0, 0.1) is 6.92 Å². The topological polar surface area (TPSA) is 61.5 Å². The molecule has 2 aromatic rings. The van der Waals surface area contributed by atoms with Crippen LogP contribution >= 0.6 is 11.6 Å². The zero-order chi connectivity index (χ0) is 8.72. The fraction of sp³-hybridized carbons (Fsp3) is 0.143. The van der Waals surface area contributed by atoms with Crippen molar-refractivity contribution in [3.05, 3.63) is 27.4 Å². The van der Waals surface area contributed by atoms with E-state index in [0.717, 1.165) is 11.1 Å². The summed E-state index contributed by atoms with van der Waals surface area (Å²) in [6, 6.07) is 0. The molecule has 2 heterocycles. The van der Waals surface area contributed by atoms with Crippen molar-refractivity contribution in [2.45, 2.75) is 6.92 Å². The van der Waals surface area contributed by atoms with E-state index in [0.29, 0.717) is 10.7 Å². The van der Waals surface area contributed by atoms with E-state index in [1.807, 2.05) is 6.92 Å². The van der Waals surface area contributed by atoms with E-state index in [1.54, 1.807) is 6.20 Å². The Hall–Kier alpha value is -1.29. The second-order valence-corrected chi connectivity index (χ2v) is 2.92. The zero-order valence-electron chi connectivity index (χ0n) is 6.31. The fourth-order valence-corrected chi connectivity index (χ4v) is 1.31. The molecule has 0 amide bonds. The fourth-order valence-electron chi connectivity index (χ4n) is 1.12. The quantitative estimate of drug-likeness (QED) is 0.604. The summed E-state index contributed by atoms with van der Waals surface area (Å²) in [5.74, 6) is 0. The molecule has 0 saturated heterocycles. The highest BCUT2D eigenvalue weighted by atomic mass is 35.5. The van der Waals surface area contributed by atoms with Gasteiger partial charge < -0.3 is 9.97 Å². The zero-order valence-corrected chi connectivity index (χ0v) is 7.07. The Kier molecular flexibility index (Phi) is 1.44. The van der Waals surface area contributed by atoms with E-state index < -0.39 is 0 Å². The summed E-state index contributed by atoms with van der Waals surface area (Å²) in [5, 5.41) is 0.314. The molecular formula is C7H6ClN3O. The second kappa shape index (κ2) is 2.35. The molecule has 0 aliphatic carbocycles. The van der Waals surface area contributed by atoms with Crippen LogP contribution in [0.15, 0.2) is 11.0 Å². The molecule has 0 atom stereocenters. The van der Waals surface area contributed by atoms with Gasteiger partial charge in [-0.2, -0.15) is 0 Å². The molecule has 5 heteroatoms. The first-order valence-corrected chi connectivity index (χ1v) is 3.79. The third kappa shape index (κ3) is 0.921. The number of nitrogens with one attached hydrogen (secondary N) is 2. The number of hydrogen-bond acceptors (Lipinski definition) is 2. The van der Waals surface area contributed by atoms with Gasteiger partial charge >= 0.3 is 5.69 Å². The third-order valence-corrected chi connectivity index (χ3v) is 1.99. The van der Waals surface area contributed by atoms with Crippen molar-refractivity contribution in [1.29, 1.82) is 0 Å². The van der Waals surface area contributed by atoms with Gasteiger partial charge in [-0.25, -0.2) is 9.78 Å². The van der Waals surface area contributed by atoms with E-state index >= 15 is 0 Å². The lowest BCUT2D eigenvalue weighted by atomic mass is 10.3. The van der Waals surface area contributed by atoms with Crippen LogP contribution in [0.25, 0.3) is 11.0 Å². The van der Waals surface area contributed by atoms with Crippen LogP contribution in [-0.2, 0) is 0 Å². The van der Waals surface area contributed by atoms with Gasteiger partial charge in [-0.05, 0) is 12.5 Å². The Morgan fingerprint density at radius 1 is 1.42 bits per heavy atom. The molecule has 0 spiro atoms. The highest BCUT2D eigenvalue weighted by Crippen LogP contribution is 2.18. The second-order valence-electron chi connectivity index (χ2n) is 2.56. The predicted octanol–water partition coefficient (Wildman–Crippen LogP) is 1.21. The van der Waals surface area contributed by atoms with Gasteiger partial charge in [-0.1, -0.05) is 11.6 Å². The van der Waals surface area contributed by atoms with E-state index in [9.17, 15) is 4.79 Å². The van der Waals surface area contributed by atoms with Crippen LogP contribution in [0.3, 0.4) is 0 Å². The number of imidazole rings is 1. The van der Waals surface area contributed by atoms with Gasteiger partial charge in [0.05, 0.1) is 5.52 Å². The summed E-state index contributed by atoms with van der Waals surface area (Å²) in [7, 11) is 0. The Balaban J connectivity index is 3.03. The minimum absolute atomic E-state index is 0.261. The normalized spacial score (nSPS) is 10.8. The molecular weight excluding hydrogens is 178 g/mol. The van der Waals surface area contributed by atoms with Crippen molar-refractivity contribution in [2.75, 3.05) is 0 Å². The number of aromatic nitrogens is 3. The molecule has 0 saturated carbocycles. The van der Waals surface area contributed by atoms with Crippen molar-refractivity contribution >= 4 is 22.6 Å². The summed E-state index contributed by atoms with van der Waals surface area (Å²) in [6.45, 7) is 1.86. The first kappa shape index (κ1) is 7.36. The maximum Gasteiger partial charge on any atom is 0.323 e. The van der Waals surface area contributed by atoms with Gasteiger partial charge in [0, 0.05) is 6.20 Å². The first-order chi connectivity index (χ1) is 5.68. The number of hydrogen-bond donors (Lipinski definition) is 2. The first-order valence-electron chi connectivity index (χ1n) is 3.41. The average Bonchev–Trinajstić information content (AvgIpc) is 2.41. The number of nitrogens with zero attached hydrogens (tertiary/aromatic N) is 1. The predicted molar refractivity (Wildman–Crippen MR) is 46.5 cm³/mol. The Morgan fingerprint density at radius 3 is 2.75 bits per heavy atom. The van der Waals surface area contributed by atoms with Crippen LogP contribution in [0.4, 0.5) is 0 Å². The largest absolute Gasteiger partial charge is 0.323 e. The monoisotopic (exact) mass is 183 g/mol. The minimum atomic E-state index is -0.261. The highest BCUT2D eigenvalue weighted by Gasteiger charge is 2.05. The summed E-state index contributed by atoms with van der Waals surface area (Å²) >= 11 is 5.74. The summed E-state index contributed by atoms with van der Waals surface area (Å²) < 4.78 is 0. The van der Waals surface area contributed by atoms with E-state index in [4.69, 9.17) is 11.6 Å². The molecule has 0 unspecified atom stereocenters. The molecule has 2 rings (SSSR count). The van der Waals surface area contributed by atoms with Crippen LogP contribution < -0.4 is 5.69 Å². The highest BCUT2D eigenvalue weighted by molar-refractivity contribution is 6.33. The van der Waals surface area contributed by atoms with Gasteiger partial charge in [0.2, 0.25) is 0 Å². The molecule has 12 heavy (non-hydrogen) atoms. The van der Waals surface area contributed by atoms with Gasteiger partial charge in [-0.15, -0.1) is 0 Å². The number of pyridine rings is 1. The van der Waals surface area contributed by atoms with Gasteiger partial charge in [-0.3, -0.25) is 0 Å². The SMILES string of the molecule is Cc1cnc(Cl)c2[nH]c(=O)[nH]c12. The van der Waals surface area contributed by atoms with Crippen molar-refractivity contribution < 1.29 is 0 Å². The summed E-state index contributed by atoms with van der Waals surface area (Å²) in [4.78, 5) is 20.0. The number of aryl methyl sites for hydroxylation is 1. The van der Waals surface area contributed by atoms with E-state index in [2.05, 4.69) is 15.0 Å². The lowest BCUT2D eigenvalue weighted by Gasteiger charge is -1.94. The number of aromatic amines is 2. The number of fused-ring (bicyclic) bond motifs is 1. The Morgan fingerprint density at radius 2 is 2.08 bits per heavy atom. The minimum Gasteiger partial charge on any atom is -0.305 e. The molecule has 0 aliphatic rings. The molecule has 62 valence electrons. The van der Waals surface area contributed by atoms with Crippen LogP contribution in [0.5, 0.6) is 0 Å². The maximum atomic E-state index is 10.9. The summed E-state index contributed by atoms with van der Waals surface area (Å²) in [6.07, 6.45) is 1.62. The molecule has 0 fully saturated rings. The van der Waals surface area contributed by atoms with Gasteiger partial charge in [0.25, 0.3) is 0 Å². The van der Waals surface area contributed by atoms with Gasteiger partial charge in [0.15, 0.2) is 5.15 Å². The van der Waals surface area contributed by atoms with E-state index in [1.165, 1.54) is 0 Å². The molecule has 0 bridgehead atoms. The third-order valence-electron chi connectivity index (χ3n) is 1.70. The van der Waals surface area contributed by atoms with Crippen molar-refractivity contribution in [3.63, 3.8) is 0 Å².